The fourth-order valence-electron chi connectivity index (χ4n) is 5.59. The van der Waals surface area contributed by atoms with Crippen LogP contribution in [0.5, 0.6) is 0 Å². The first kappa shape index (κ1) is 19.2. The number of benzene rings is 4. The molecule has 5 heteroatoms. The molecule has 2 aliphatic heterocycles. The third kappa shape index (κ3) is 2.48. The van der Waals surface area contributed by atoms with E-state index < -0.39 is 5.41 Å². The van der Waals surface area contributed by atoms with E-state index in [1.807, 2.05) is 36.9 Å². The maximum absolute atomic E-state index is 15.5. The Labute approximate surface area is 185 Å². The van der Waals surface area contributed by atoms with Crippen LogP contribution in [0.1, 0.15) is 25.0 Å². The molecule has 4 aromatic carbocycles. The standard InChI is InChI=1S/C27H19BF3N/c1-27(2)19-5-3-4-6-20(19)28-21-15-17(30)9-13-23(21)32(18-10-7-16(29)8-11-18)24-14-12-22(31)25(27)26(24)28/h3-15H,1-2H3. The first-order chi connectivity index (χ1) is 15.4. The van der Waals surface area contributed by atoms with Gasteiger partial charge in [-0.3, -0.25) is 0 Å². The number of nitrogens with zero attached hydrogens (tertiary/aromatic N) is 1. The Kier molecular flexibility index (Phi) is 3.92. The largest absolute Gasteiger partial charge is 0.312 e. The van der Waals surface area contributed by atoms with E-state index in [2.05, 4.69) is 6.07 Å². The average Bonchev–Trinajstić information content (AvgIpc) is 2.77. The number of hydrogen-bond donors (Lipinski definition) is 0. The minimum absolute atomic E-state index is 0.271. The summed E-state index contributed by atoms with van der Waals surface area (Å²) in [6.45, 7) is 3.77. The molecule has 0 atom stereocenters. The van der Waals surface area contributed by atoms with E-state index >= 15 is 4.39 Å². The van der Waals surface area contributed by atoms with Crippen molar-refractivity contribution < 1.29 is 13.2 Å². The van der Waals surface area contributed by atoms with Gasteiger partial charge < -0.3 is 4.90 Å². The van der Waals surface area contributed by atoms with E-state index in [4.69, 9.17) is 0 Å². The van der Waals surface area contributed by atoms with Crippen molar-refractivity contribution in [3.63, 3.8) is 0 Å². The molecule has 2 heterocycles. The maximum Gasteiger partial charge on any atom is 0.247 e. The summed E-state index contributed by atoms with van der Waals surface area (Å²) in [5.41, 5.74) is 6.15. The van der Waals surface area contributed by atoms with Crippen LogP contribution in [0, 0.1) is 17.5 Å². The second kappa shape index (κ2) is 6.52. The van der Waals surface area contributed by atoms with E-state index in [0.717, 1.165) is 39.0 Å². The van der Waals surface area contributed by atoms with E-state index in [-0.39, 0.29) is 24.2 Å². The van der Waals surface area contributed by atoms with Crippen molar-refractivity contribution in [1.29, 1.82) is 0 Å². The Bertz CT molecular complexity index is 1390. The van der Waals surface area contributed by atoms with E-state index in [1.54, 1.807) is 30.3 Å². The molecule has 0 radical (unpaired) electrons. The molecule has 0 fully saturated rings. The van der Waals surface area contributed by atoms with Gasteiger partial charge in [-0.2, -0.15) is 0 Å². The second-order valence-corrected chi connectivity index (χ2v) is 9.02. The van der Waals surface area contributed by atoms with Crippen LogP contribution >= 0.6 is 0 Å². The summed E-state index contributed by atoms with van der Waals surface area (Å²) in [4.78, 5) is 1.98. The van der Waals surface area contributed by atoms with Crippen molar-refractivity contribution >= 4 is 40.2 Å². The van der Waals surface area contributed by atoms with Gasteiger partial charge in [0, 0.05) is 22.5 Å². The average molecular weight is 425 g/mol. The first-order valence-corrected chi connectivity index (χ1v) is 10.7. The smallest absolute Gasteiger partial charge is 0.247 e. The summed E-state index contributed by atoms with van der Waals surface area (Å²) >= 11 is 0. The molecule has 0 saturated carbocycles. The minimum atomic E-state index is -0.568. The molecule has 0 spiro atoms. The fraction of sp³-hybridized carbons (Fsp3) is 0.111. The molecule has 0 aliphatic carbocycles. The van der Waals surface area contributed by atoms with Gasteiger partial charge in [-0.25, -0.2) is 13.2 Å². The Morgan fingerprint density at radius 2 is 1.41 bits per heavy atom. The monoisotopic (exact) mass is 425 g/mol. The van der Waals surface area contributed by atoms with Crippen LogP contribution in [0.2, 0.25) is 0 Å². The molecule has 0 saturated heterocycles. The van der Waals surface area contributed by atoms with Gasteiger partial charge in [0.15, 0.2) is 0 Å². The number of hydrogen-bond acceptors (Lipinski definition) is 1. The van der Waals surface area contributed by atoms with Crippen LogP contribution in [0.25, 0.3) is 0 Å². The molecule has 2 aliphatic rings. The topological polar surface area (TPSA) is 3.24 Å². The molecule has 156 valence electrons. The lowest BCUT2D eigenvalue weighted by molar-refractivity contribution is 0.551. The lowest BCUT2D eigenvalue weighted by Crippen LogP contribution is -2.64. The highest BCUT2D eigenvalue weighted by molar-refractivity contribution is 6.99. The van der Waals surface area contributed by atoms with Gasteiger partial charge in [0.2, 0.25) is 6.71 Å². The quantitative estimate of drug-likeness (QED) is 0.340. The predicted molar refractivity (Wildman–Crippen MR) is 124 cm³/mol. The summed E-state index contributed by atoms with van der Waals surface area (Å²) < 4.78 is 43.7. The van der Waals surface area contributed by atoms with E-state index in [0.29, 0.717) is 5.56 Å². The van der Waals surface area contributed by atoms with Crippen LogP contribution in [0.15, 0.2) is 78.9 Å². The van der Waals surface area contributed by atoms with Crippen molar-refractivity contribution in [1.82, 2.24) is 0 Å². The number of fused-ring (bicyclic) bond motifs is 4. The van der Waals surface area contributed by atoms with Crippen LogP contribution in [-0.2, 0) is 5.41 Å². The predicted octanol–water partition coefficient (Wildman–Crippen LogP) is 5.04. The molecule has 0 N–H and O–H groups in total. The molecule has 0 bridgehead atoms. The molecule has 32 heavy (non-hydrogen) atoms. The van der Waals surface area contributed by atoms with Crippen LogP contribution in [-0.4, -0.2) is 6.71 Å². The van der Waals surface area contributed by atoms with Gasteiger partial charge >= 0.3 is 0 Å². The van der Waals surface area contributed by atoms with Gasteiger partial charge in [-0.1, -0.05) is 43.6 Å². The Hall–Kier alpha value is -3.47. The minimum Gasteiger partial charge on any atom is -0.312 e. The molecule has 0 aromatic heterocycles. The van der Waals surface area contributed by atoms with Crippen molar-refractivity contribution in [2.45, 2.75) is 19.3 Å². The Morgan fingerprint density at radius 3 is 2.19 bits per heavy atom. The lowest BCUT2D eigenvalue weighted by atomic mass is 9.30. The zero-order valence-electron chi connectivity index (χ0n) is 17.7. The normalized spacial score (nSPS) is 15.2. The van der Waals surface area contributed by atoms with E-state index in [1.165, 1.54) is 24.3 Å². The molecular weight excluding hydrogens is 406 g/mol. The lowest BCUT2D eigenvalue weighted by Gasteiger charge is -2.45. The highest BCUT2D eigenvalue weighted by Gasteiger charge is 2.47. The van der Waals surface area contributed by atoms with Crippen molar-refractivity contribution in [2.75, 3.05) is 4.90 Å². The number of halogens is 3. The third-order valence-corrected chi connectivity index (χ3v) is 6.90. The first-order valence-electron chi connectivity index (χ1n) is 10.7. The summed E-state index contributed by atoms with van der Waals surface area (Å²) in [5.74, 6) is -0.946. The maximum atomic E-state index is 15.5. The van der Waals surface area contributed by atoms with E-state index in [9.17, 15) is 8.78 Å². The Balaban J connectivity index is 1.76. The van der Waals surface area contributed by atoms with Gasteiger partial charge in [-0.05, 0) is 76.6 Å². The summed E-state index contributed by atoms with van der Waals surface area (Å²) in [6, 6.07) is 22.2. The fourth-order valence-corrected chi connectivity index (χ4v) is 5.59. The molecule has 6 rings (SSSR count). The van der Waals surface area contributed by atoms with Crippen molar-refractivity contribution in [2.24, 2.45) is 0 Å². The highest BCUT2D eigenvalue weighted by atomic mass is 19.1. The van der Waals surface area contributed by atoms with Gasteiger partial charge in [0.25, 0.3) is 0 Å². The molecule has 0 amide bonds. The summed E-state index contributed by atoms with van der Waals surface area (Å²) in [6.07, 6.45) is 0. The highest BCUT2D eigenvalue weighted by Crippen LogP contribution is 2.43. The van der Waals surface area contributed by atoms with Gasteiger partial charge in [0.05, 0.1) is 0 Å². The second-order valence-electron chi connectivity index (χ2n) is 9.02. The zero-order valence-corrected chi connectivity index (χ0v) is 17.7. The van der Waals surface area contributed by atoms with Crippen LogP contribution in [0.4, 0.5) is 30.2 Å². The van der Waals surface area contributed by atoms with Crippen LogP contribution < -0.4 is 21.3 Å². The Morgan fingerprint density at radius 1 is 0.719 bits per heavy atom. The van der Waals surface area contributed by atoms with Gasteiger partial charge in [0.1, 0.15) is 17.5 Å². The van der Waals surface area contributed by atoms with Crippen molar-refractivity contribution in [3.8, 4) is 0 Å². The molecule has 4 aromatic rings. The number of rotatable bonds is 1. The summed E-state index contributed by atoms with van der Waals surface area (Å²) in [7, 11) is 0. The van der Waals surface area contributed by atoms with Crippen molar-refractivity contribution in [3.05, 3.63) is 107 Å². The zero-order chi connectivity index (χ0) is 22.2. The molecule has 0 unspecified atom stereocenters. The number of anilines is 3. The molecule has 1 nitrogen and oxygen atoms in total. The molecular formula is C27H19BF3N. The van der Waals surface area contributed by atoms with Crippen LogP contribution in [0.3, 0.4) is 0 Å². The summed E-state index contributed by atoms with van der Waals surface area (Å²) in [5, 5.41) is 0. The SMILES string of the molecule is CC1(C)c2ccccc2B2c3cc(F)ccc3N(c3ccc(F)cc3)c3ccc(F)c1c32. The third-order valence-electron chi connectivity index (χ3n) is 6.90. The van der Waals surface area contributed by atoms with Gasteiger partial charge in [-0.15, -0.1) is 0 Å².